The number of allylic oxidation sites excluding steroid dienone is 1. The Morgan fingerprint density at radius 3 is 2.53 bits per heavy atom. The Balaban J connectivity index is 1.81. The van der Waals surface area contributed by atoms with Crippen LogP contribution in [0.15, 0.2) is 26.8 Å². The van der Waals surface area contributed by atoms with Gasteiger partial charge in [-0.3, -0.25) is 18.5 Å². The van der Waals surface area contributed by atoms with Crippen LogP contribution in [0.4, 0.5) is 5.95 Å². The van der Waals surface area contributed by atoms with Crippen molar-refractivity contribution in [2.75, 3.05) is 31.2 Å². The Bertz CT molecular complexity index is 1130. The molecule has 0 amide bonds. The van der Waals surface area contributed by atoms with E-state index in [9.17, 15) is 9.59 Å². The summed E-state index contributed by atoms with van der Waals surface area (Å²) in [7, 11) is 1.66. The Hall–Kier alpha value is -2.68. The summed E-state index contributed by atoms with van der Waals surface area (Å²) in [6.07, 6.45) is 3.78. The summed E-state index contributed by atoms with van der Waals surface area (Å²) >= 11 is 0. The van der Waals surface area contributed by atoms with Crippen molar-refractivity contribution < 1.29 is 0 Å². The molecule has 2 aliphatic heterocycles. The summed E-state index contributed by atoms with van der Waals surface area (Å²) in [4.78, 5) is 33.3. The quantitative estimate of drug-likeness (QED) is 0.697. The van der Waals surface area contributed by atoms with Gasteiger partial charge in [-0.05, 0) is 46.7 Å². The Morgan fingerprint density at radius 2 is 1.87 bits per heavy atom. The lowest BCUT2D eigenvalue weighted by Crippen LogP contribution is -2.41. The van der Waals surface area contributed by atoms with Crippen LogP contribution in [0.3, 0.4) is 0 Å². The molecule has 0 spiro atoms. The zero-order valence-corrected chi connectivity index (χ0v) is 18.4. The molecule has 9 heteroatoms. The number of likely N-dealkylation sites (tertiary alicyclic amines) is 1. The van der Waals surface area contributed by atoms with Crippen LogP contribution in [-0.2, 0) is 13.6 Å². The van der Waals surface area contributed by atoms with Crippen molar-refractivity contribution in [3.63, 3.8) is 0 Å². The zero-order valence-electron chi connectivity index (χ0n) is 18.4. The van der Waals surface area contributed by atoms with E-state index in [0.29, 0.717) is 23.7 Å². The molecule has 4 heterocycles. The van der Waals surface area contributed by atoms with E-state index in [1.54, 1.807) is 7.05 Å². The summed E-state index contributed by atoms with van der Waals surface area (Å²) in [5.74, 6) is 0.625. The second kappa shape index (κ2) is 7.86. The molecule has 0 aliphatic carbocycles. The normalized spacial score (nSPS) is 19.8. The molecule has 0 radical (unpaired) electrons. The minimum Gasteiger partial charge on any atom is -0.301 e. The van der Waals surface area contributed by atoms with E-state index in [1.165, 1.54) is 28.4 Å². The van der Waals surface area contributed by atoms with Crippen LogP contribution in [0, 0.1) is 0 Å². The van der Waals surface area contributed by atoms with E-state index in [4.69, 9.17) is 10.1 Å². The minimum atomic E-state index is -0.379. The molecule has 2 aromatic rings. The lowest BCUT2D eigenvalue weighted by molar-refractivity contribution is 0.233. The van der Waals surface area contributed by atoms with Gasteiger partial charge < -0.3 is 4.90 Å². The third-order valence-corrected chi connectivity index (χ3v) is 6.16. The highest BCUT2D eigenvalue weighted by molar-refractivity contribution is 5.91. The van der Waals surface area contributed by atoms with Crippen LogP contribution in [0.25, 0.3) is 11.2 Å². The van der Waals surface area contributed by atoms with Crippen LogP contribution in [0.2, 0.25) is 0 Å². The second-order valence-corrected chi connectivity index (χ2v) is 8.59. The van der Waals surface area contributed by atoms with Crippen molar-refractivity contribution >= 4 is 22.8 Å². The summed E-state index contributed by atoms with van der Waals surface area (Å²) in [5.41, 5.74) is 1.81. The predicted molar refractivity (Wildman–Crippen MR) is 120 cm³/mol. The fourth-order valence-corrected chi connectivity index (χ4v) is 4.36. The molecule has 1 fully saturated rings. The fourth-order valence-electron chi connectivity index (χ4n) is 4.36. The second-order valence-electron chi connectivity index (χ2n) is 8.59. The first-order valence-corrected chi connectivity index (χ1v) is 10.7. The molecule has 1 saturated heterocycles. The van der Waals surface area contributed by atoms with Crippen LogP contribution in [0.1, 0.15) is 46.1 Å². The first-order valence-electron chi connectivity index (χ1n) is 10.7. The van der Waals surface area contributed by atoms with Gasteiger partial charge in [0.05, 0.1) is 24.8 Å². The van der Waals surface area contributed by atoms with Gasteiger partial charge in [-0.25, -0.2) is 9.80 Å². The first-order chi connectivity index (χ1) is 14.3. The molecule has 2 aromatic heterocycles. The maximum atomic E-state index is 13.3. The summed E-state index contributed by atoms with van der Waals surface area (Å²) < 4.78 is 4.63. The van der Waals surface area contributed by atoms with E-state index >= 15 is 0 Å². The van der Waals surface area contributed by atoms with Gasteiger partial charge in [0, 0.05) is 13.6 Å². The highest BCUT2D eigenvalue weighted by atomic mass is 16.2. The maximum absolute atomic E-state index is 13.3. The number of anilines is 1. The molecule has 162 valence electrons. The zero-order chi connectivity index (χ0) is 21.6. The van der Waals surface area contributed by atoms with Crippen molar-refractivity contribution in [1.82, 2.24) is 23.6 Å². The summed E-state index contributed by atoms with van der Waals surface area (Å²) in [5, 5.41) is 6.65. The molecule has 2 aliphatic rings. The minimum absolute atomic E-state index is 0.111. The van der Waals surface area contributed by atoms with E-state index < -0.39 is 0 Å². The fraction of sp³-hybridized carbons (Fsp3) is 0.619. The number of fused-ring (bicyclic) bond motifs is 3. The van der Waals surface area contributed by atoms with E-state index in [1.807, 2.05) is 30.3 Å². The standard InChI is InChI=1S/C21H31N7O2/c1-14(2)13-26-19(29)17-18(24(5)21(26)30)22-20-27(23-15(3)16(4)28(17)20)12-11-25-9-7-6-8-10-25/h16H,1,6-13H2,2-5H3/t16-/m0/s1. The maximum Gasteiger partial charge on any atom is 0.332 e. The summed E-state index contributed by atoms with van der Waals surface area (Å²) in [6.45, 7) is 13.7. The SMILES string of the molecule is C=C(C)Cn1c(=O)c2c(nc3n2[C@@H](C)C(C)=NN3CCN2CCCCC2)n(C)c1=O. The largest absolute Gasteiger partial charge is 0.332 e. The molecule has 30 heavy (non-hydrogen) atoms. The number of hydrogen-bond acceptors (Lipinski definition) is 6. The van der Waals surface area contributed by atoms with E-state index in [2.05, 4.69) is 11.5 Å². The first kappa shape index (κ1) is 20.6. The monoisotopic (exact) mass is 413 g/mol. The van der Waals surface area contributed by atoms with Gasteiger partial charge >= 0.3 is 5.69 Å². The Kier molecular flexibility index (Phi) is 5.40. The number of hydrazone groups is 1. The van der Waals surface area contributed by atoms with Crippen LogP contribution < -0.4 is 16.3 Å². The average molecular weight is 414 g/mol. The van der Waals surface area contributed by atoms with Crippen LogP contribution >= 0.6 is 0 Å². The van der Waals surface area contributed by atoms with Gasteiger partial charge in [0.2, 0.25) is 5.95 Å². The molecule has 0 N–H and O–H groups in total. The third kappa shape index (κ3) is 3.40. The number of hydrogen-bond donors (Lipinski definition) is 0. The number of aromatic nitrogens is 4. The van der Waals surface area contributed by atoms with Gasteiger partial charge in [0.1, 0.15) is 0 Å². The molecular weight excluding hydrogens is 382 g/mol. The lowest BCUT2D eigenvalue weighted by Gasteiger charge is -2.32. The van der Waals surface area contributed by atoms with Gasteiger partial charge in [-0.1, -0.05) is 18.6 Å². The lowest BCUT2D eigenvalue weighted by atomic mass is 10.1. The predicted octanol–water partition coefficient (Wildman–Crippen LogP) is 1.72. The smallest absolute Gasteiger partial charge is 0.301 e. The molecule has 0 saturated carbocycles. The molecular formula is C21H31N7O2. The van der Waals surface area contributed by atoms with E-state index in [0.717, 1.165) is 30.9 Å². The topological polar surface area (TPSA) is 80.7 Å². The van der Waals surface area contributed by atoms with E-state index in [-0.39, 0.29) is 23.8 Å². The summed E-state index contributed by atoms with van der Waals surface area (Å²) in [6, 6.07) is -0.111. The van der Waals surface area contributed by atoms with Crippen molar-refractivity contribution in [3.8, 4) is 0 Å². The van der Waals surface area contributed by atoms with Crippen molar-refractivity contribution in [1.29, 1.82) is 0 Å². The van der Waals surface area contributed by atoms with Gasteiger partial charge in [0.25, 0.3) is 5.56 Å². The van der Waals surface area contributed by atoms with Gasteiger partial charge in [-0.15, -0.1) is 0 Å². The van der Waals surface area contributed by atoms with Crippen LogP contribution in [-0.4, -0.2) is 55.5 Å². The Morgan fingerprint density at radius 1 is 1.17 bits per heavy atom. The third-order valence-electron chi connectivity index (χ3n) is 6.16. The number of piperidine rings is 1. The number of imidazole rings is 1. The molecule has 0 aromatic carbocycles. The highest BCUT2D eigenvalue weighted by Gasteiger charge is 2.30. The molecule has 1 atom stereocenters. The number of aryl methyl sites for hydroxylation is 1. The number of rotatable bonds is 5. The van der Waals surface area contributed by atoms with Crippen molar-refractivity contribution in [2.45, 2.75) is 52.6 Å². The average Bonchev–Trinajstić information content (AvgIpc) is 3.13. The van der Waals surface area contributed by atoms with Crippen molar-refractivity contribution in [2.24, 2.45) is 12.1 Å². The molecule has 4 rings (SSSR count). The molecule has 9 nitrogen and oxygen atoms in total. The number of nitrogens with zero attached hydrogens (tertiary/aromatic N) is 7. The highest BCUT2D eigenvalue weighted by Crippen LogP contribution is 2.29. The van der Waals surface area contributed by atoms with Crippen molar-refractivity contribution in [3.05, 3.63) is 33.0 Å². The molecule has 0 unspecified atom stereocenters. The Labute approximate surface area is 175 Å². The van der Waals surface area contributed by atoms with Gasteiger partial charge in [-0.2, -0.15) is 10.1 Å². The molecule has 0 bridgehead atoms. The van der Waals surface area contributed by atoms with Crippen LogP contribution in [0.5, 0.6) is 0 Å². The van der Waals surface area contributed by atoms with Gasteiger partial charge in [0.15, 0.2) is 11.2 Å².